The summed E-state index contributed by atoms with van der Waals surface area (Å²) in [6.07, 6.45) is 4.22. The van der Waals surface area contributed by atoms with Crippen LogP contribution in [0.3, 0.4) is 0 Å². The Labute approximate surface area is 169 Å². The molecule has 0 aliphatic carbocycles. The van der Waals surface area contributed by atoms with Crippen LogP contribution >= 0.6 is 0 Å². The number of ether oxygens (including phenoxy) is 1. The maximum Gasteiger partial charge on any atom is 0.178 e. The predicted molar refractivity (Wildman–Crippen MR) is 114 cm³/mol. The first-order chi connectivity index (χ1) is 13.5. The molecule has 1 aliphatic heterocycles. The lowest BCUT2D eigenvalue weighted by molar-refractivity contribution is 0.199. The number of hydrogen-bond donors (Lipinski definition) is 0. The molecule has 0 spiro atoms. The summed E-state index contributed by atoms with van der Waals surface area (Å²) in [5.41, 5.74) is 3.50. The van der Waals surface area contributed by atoms with Crippen molar-refractivity contribution >= 4 is 9.84 Å². The average molecular weight is 402 g/mol. The van der Waals surface area contributed by atoms with E-state index < -0.39 is 9.84 Å². The second kappa shape index (κ2) is 9.68. The molecule has 5 heteroatoms. The fourth-order valence-corrected chi connectivity index (χ4v) is 5.11. The number of methoxy groups -OCH3 is 1. The lowest BCUT2D eigenvalue weighted by atomic mass is 10.0. The van der Waals surface area contributed by atoms with E-state index in [9.17, 15) is 8.42 Å². The number of rotatable bonds is 9. The topological polar surface area (TPSA) is 46.6 Å². The van der Waals surface area contributed by atoms with Gasteiger partial charge in [-0.25, -0.2) is 8.42 Å². The molecule has 2 aromatic carbocycles. The summed E-state index contributed by atoms with van der Waals surface area (Å²) in [5, 5.41) is 0. The molecule has 0 saturated carbocycles. The van der Waals surface area contributed by atoms with Crippen molar-refractivity contribution in [3.63, 3.8) is 0 Å². The molecule has 3 rings (SSSR count). The van der Waals surface area contributed by atoms with Crippen LogP contribution in [0.1, 0.15) is 31.7 Å². The van der Waals surface area contributed by atoms with Gasteiger partial charge in [0.2, 0.25) is 0 Å². The highest BCUT2D eigenvalue weighted by Gasteiger charge is 2.19. The van der Waals surface area contributed by atoms with Crippen LogP contribution in [0.25, 0.3) is 11.1 Å². The van der Waals surface area contributed by atoms with Gasteiger partial charge in [0.25, 0.3) is 0 Å². The van der Waals surface area contributed by atoms with Crippen LogP contribution in [0.2, 0.25) is 0 Å². The van der Waals surface area contributed by atoms with Crippen LogP contribution in [-0.2, 0) is 21.0 Å². The summed E-state index contributed by atoms with van der Waals surface area (Å²) in [6, 6.07) is 16.5. The van der Waals surface area contributed by atoms with Gasteiger partial charge < -0.3 is 9.64 Å². The number of nitrogens with zero attached hydrogens (tertiary/aromatic N) is 1. The van der Waals surface area contributed by atoms with E-state index in [2.05, 4.69) is 36.1 Å². The minimum absolute atomic E-state index is 0.116. The van der Waals surface area contributed by atoms with Crippen molar-refractivity contribution in [1.29, 1.82) is 0 Å². The first kappa shape index (κ1) is 21.0. The van der Waals surface area contributed by atoms with Gasteiger partial charge >= 0.3 is 0 Å². The van der Waals surface area contributed by atoms with Gasteiger partial charge in [-0.05, 0) is 68.0 Å². The molecule has 1 aliphatic rings. The summed E-state index contributed by atoms with van der Waals surface area (Å²) in [5.74, 6) is 0.116. The molecule has 2 aromatic rings. The smallest absolute Gasteiger partial charge is 0.178 e. The summed E-state index contributed by atoms with van der Waals surface area (Å²) in [6.45, 7) is 5.12. The third kappa shape index (κ3) is 5.43. The van der Waals surface area contributed by atoms with Gasteiger partial charge in [-0.15, -0.1) is 0 Å². The zero-order valence-corrected chi connectivity index (χ0v) is 17.7. The van der Waals surface area contributed by atoms with Crippen LogP contribution in [0, 0.1) is 0 Å². The highest BCUT2D eigenvalue weighted by atomic mass is 32.2. The van der Waals surface area contributed by atoms with Crippen LogP contribution in [0.4, 0.5) is 0 Å². The van der Waals surface area contributed by atoms with Crippen LogP contribution in [0.15, 0.2) is 53.4 Å². The SMILES string of the molecule is COCCCS(=O)(=O)c1ccc(-c2ccc(CCN3CCCC3C)cc2)cc1. The fraction of sp³-hybridized carbons (Fsp3) is 0.478. The Kier molecular flexibility index (Phi) is 7.27. The number of sulfone groups is 1. The Bertz CT molecular complexity index is 844. The van der Waals surface area contributed by atoms with Gasteiger partial charge in [-0.2, -0.15) is 0 Å². The van der Waals surface area contributed by atoms with E-state index in [-0.39, 0.29) is 5.75 Å². The molecular formula is C23H31NO3S. The van der Waals surface area contributed by atoms with Crippen molar-refractivity contribution in [3.8, 4) is 11.1 Å². The normalized spacial score (nSPS) is 17.9. The van der Waals surface area contributed by atoms with Gasteiger partial charge in [0.1, 0.15) is 0 Å². The Morgan fingerprint density at radius 3 is 2.25 bits per heavy atom. The van der Waals surface area contributed by atoms with Gasteiger partial charge in [-0.3, -0.25) is 0 Å². The zero-order chi connectivity index (χ0) is 20.0. The molecule has 0 bridgehead atoms. The lowest BCUT2D eigenvalue weighted by Crippen LogP contribution is -2.28. The standard InChI is InChI=1S/C23H31NO3S/c1-19-5-3-15-24(19)16-14-20-6-8-21(9-7-20)22-10-12-23(13-11-22)28(25,26)18-4-17-27-2/h6-13,19H,3-5,14-18H2,1-2H3. The van der Waals surface area contributed by atoms with Crippen LogP contribution < -0.4 is 0 Å². The van der Waals surface area contributed by atoms with Gasteiger partial charge in [0, 0.05) is 26.3 Å². The highest BCUT2D eigenvalue weighted by molar-refractivity contribution is 7.91. The second-order valence-corrected chi connectivity index (χ2v) is 9.77. The molecule has 1 unspecified atom stereocenters. The van der Waals surface area contributed by atoms with Crippen molar-refractivity contribution in [2.24, 2.45) is 0 Å². The Balaban J connectivity index is 1.60. The minimum atomic E-state index is -3.24. The third-order valence-electron chi connectivity index (χ3n) is 5.64. The van der Waals surface area contributed by atoms with E-state index in [1.165, 1.54) is 24.9 Å². The minimum Gasteiger partial charge on any atom is -0.385 e. The first-order valence-electron chi connectivity index (χ1n) is 10.1. The maximum absolute atomic E-state index is 12.3. The van der Waals surface area contributed by atoms with Gasteiger partial charge in [0.05, 0.1) is 10.6 Å². The van der Waals surface area contributed by atoms with Crippen molar-refractivity contribution in [1.82, 2.24) is 4.90 Å². The van der Waals surface area contributed by atoms with Gasteiger partial charge in [-0.1, -0.05) is 36.4 Å². The second-order valence-electron chi connectivity index (χ2n) is 7.66. The van der Waals surface area contributed by atoms with Crippen LogP contribution in [-0.4, -0.2) is 51.9 Å². The van der Waals surface area contributed by atoms with Crippen molar-refractivity contribution in [3.05, 3.63) is 54.1 Å². The molecule has 0 radical (unpaired) electrons. The van der Waals surface area contributed by atoms with Crippen molar-refractivity contribution in [2.45, 2.75) is 43.5 Å². The van der Waals surface area contributed by atoms with E-state index in [0.29, 0.717) is 24.0 Å². The summed E-state index contributed by atoms with van der Waals surface area (Å²) >= 11 is 0. The third-order valence-corrected chi connectivity index (χ3v) is 7.46. The lowest BCUT2D eigenvalue weighted by Gasteiger charge is -2.20. The summed E-state index contributed by atoms with van der Waals surface area (Å²) in [7, 11) is -1.66. The Morgan fingerprint density at radius 2 is 1.68 bits per heavy atom. The fourth-order valence-electron chi connectivity index (χ4n) is 3.83. The number of hydrogen-bond acceptors (Lipinski definition) is 4. The monoisotopic (exact) mass is 401 g/mol. The zero-order valence-electron chi connectivity index (χ0n) is 16.9. The van der Waals surface area contributed by atoms with E-state index >= 15 is 0 Å². The molecule has 1 atom stereocenters. The first-order valence-corrected chi connectivity index (χ1v) is 11.8. The van der Waals surface area contributed by atoms with E-state index in [1.807, 2.05) is 12.1 Å². The maximum atomic E-state index is 12.3. The average Bonchev–Trinajstić information content (AvgIpc) is 3.12. The number of benzene rings is 2. The van der Waals surface area contributed by atoms with Gasteiger partial charge in [0.15, 0.2) is 9.84 Å². The van der Waals surface area contributed by atoms with E-state index in [4.69, 9.17) is 4.74 Å². The Morgan fingerprint density at radius 1 is 1.04 bits per heavy atom. The molecule has 1 fully saturated rings. The molecule has 1 heterocycles. The van der Waals surface area contributed by atoms with Crippen molar-refractivity contribution < 1.29 is 13.2 Å². The largest absolute Gasteiger partial charge is 0.385 e. The van der Waals surface area contributed by atoms with E-state index in [0.717, 1.165) is 24.1 Å². The molecular weight excluding hydrogens is 370 g/mol. The molecule has 152 valence electrons. The molecule has 0 amide bonds. The molecule has 0 N–H and O–H groups in total. The van der Waals surface area contributed by atoms with Crippen LogP contribution in [0.5, 0.6) is 0 Å². The molecule has 4 nitrogen and oxygen atoms in total. The van der Waals surface area contributed by atoms with E-state index in [1.54, 1.807) is 19.2 Å². The summed E-state index contributed by atoms with van der Waals surface area (Å²) < 4.78 is 29.6. The number of likely N-dealkylation sites (tertiary alicyclic amines) is 1. The molecule has 1 saturated heterocycles. The van der Waals surface area contributed by atoms with Crippen molar-refractivity contribution in [2.75, 3.05) is 32.6 Å². The predicted octanol–water partition coefficient (Wildman–Crippen LogP) is 4.19. The molecule has 0 aromatic heterocycles. The quantitative estimate of drug-likeness (QED) is 0.591. The summed E-state index contributed by atoms with van der Waals surface area (Å²) in [4.78, 5) is 2.95. The molecule has 28 heavy (non-hydrogen) atoms. The highest BCUT2D eigenvalue weighted by Crippen LogP contribution is 2.23. The Hall–Kier alpha value is -1.69.